The Bertz CT molecular complexity index is 462. The van der Waals surface area contributed by atoms with Gasteiger partial charge in [-0.3, -0.25) is 4.90 Å². The first-order chi connectivity index (χ1) is 9.83. The van der Waals surface area contributed by atoms with Crippen molar-refractivity contribution in [3.8, 4) is 0 Å². The smallest absolute Gasteiger partial charge is 0.401 e. The summed E-state index contributed by atoms with van der Waals surface area (Å²) < 4.78 is 42.0. The number of hydrogen-bond acceptors (Lipinski definition) is 3. The standard InChI is InChI=1S/C13H18F3N3O2/c1-18(8-11-3-2-6-21-11)12(20)17-10-4-5-19(7-10)9-13(14,15)16/h2-3,6,10H,4-5,7-9H2,1H3,(H,17,20). The van der Waals surface area contributed by atoms with Crippen LogP contribution in [0.1, 0.15) is 12.2 Å². The van der Waals surface area contributed by atoms with Gasteiger partial charge in [0.05, 0.1) is 19.4 Å². The fourth-order valence-electron chi connectivity index (χ4n) is 2.34. The second-order valence-electron chi connectivity index (χ2n) is 5.22. The second-order valence-corrected chi connectivity index (χ2v) is 5.22. The predicted octanol–water partition coefficient (Wildman–Crippen LogP) is 2.06. The lowest BCUT2D eigenvalue weighted by Crippen LogP contribution is -2.44. The molecule has 0 aliphatic carbocycles. The van der Waals surface area contributed by atoms with Crippen molar-refractivity contribution in [1.29, 1.82) is 0 Å². The molecule has 0 aromatic carbocycles. The van der Waals surface area contributed by atoms with E-state index in [2.05, 4.69) is 5.32 Å². The molecule has 2 amide bonds. The van der Waals surface area contributed by atoms with Crippen LogP contribution in [0.25, 0.3) is 0 Å². The van der Waals surface area contributed by atoms with Gasteiger partial charge in [-0.25, -0.2) is 4.79 Å². The molecule has 0 bridgehead atoms. The van der Waals surface area contributed by atoms with Crippen LogP contribution < -0.4 is 5.32 Å². The Morgan fingerprint density at radius 3 is 2.95 bits per heavy atom. The predicted molar refractivity (Wildman–Crippen MR) is 69.6 cm³/mol. The number of carbonyl (C=O) groups is 1. The molecular formula is C13H18F3N3O2. The minimum Gasteiger partial charge on any atom is -0.467 e. The van der Waals surface area contributed by atoms with E-state index in [0.29, 0.717) is 25.3 Å². The molecule has 118 valence electrons. The zero-order chi connectivity index (χ0) is 15.5. The Morgan fingerprint density at radius 2 is 2.33 bits per heavy atom. The fourth-order valence-corrected chi connectivity index (χ4v) is 2.34. The molecule has 21 heavy (non-hydrogen) atoms. The molecule has 1 aromatic rings. The van der Waals surface area contributed by atoms with Crippen molar-refractivity contribution in [2.75, 3.05) is 26.7 Å². The lowest BCUT2D eigenvalue weighted by Gasteiger charge is -2.21. The summed E-state index contributed by atoms with van der Waals surface area (Å²) in [5.41, 5.74) is 0. The SMILES string of the molecule is CN(Cc1ccco1)C(=O)NC1CCN(CC(F)(F)F)C1. The van der Waals surface area contributed by atoms with Gasteiger partial charge in [0.1, 0.15) is 5.76 Å². The van der Waals surface area contributed by atoms with Crippen LogP contribution in [0.15, 0.2) is 22.8 Å². The Labute approximate surface area is 120 Å². The van der Waals surface area contributed by atoms with Gasteiger partial charge in [-0.15, -0.1) is 0 Å². The van der Waals surface area contributed by atoms with E-state index in [1.807, 2.05) is 0 Å². The lowest BCUT2D eigenvalue weighted by molar-refractivity contribution is -0.143. The summed E-state index contributed by atoms with van der Waals surface area (Å²) in [7, 11) is 1.61. The van der Waals surface area contributed by atoms with Crippen molar-refractivity contribution >= 4 is 6.03 Å². The fraction of sp³-hybridized carbons (Fsp3) is 0.615. The molecule has 2 rings (SSSR count). The Morgan fingerprint density at radius 1 is 1.57 bits per heavy atom. The Kier molecular flexibility index (Phi) is 4.76. The summed E-state index contributed by atoms with van der Waals surface area (Å²) in [6.07, 6.45) is -2.15. The number of halogens is 3. The van der Waals surface area contributed by atoms with Crippen LogP contribution in [-0.2, 0) is 6.54 Å². The van der Waals surface area contributed by atoms with E-state index in [0.717, 1.165) is 0 Å². The highest BCUT2D eigenvalue weighted by molar-refractivity contribution is 5.74. The first kappa shape index (κ1) is 15.7. The third kappa shape index (κ3) is 4.96. The number of nitrogens with one attached hydrogen (secondary N) is 1. The molecule has 1 aliphatic heterocycles. The van der Waals surface area contributed by atoms with Gasteiger partial charge >= 0.3 is 12.2 Å². The van der Waals surface area contributed by atoms with Gasteiger partial charge in [0.25, 0.3) is 0 Å². The third-order valence-corrected chi connectivity index (χ3v) is 3.32. The minimum absolute atomic E-state index is 0.222. The Balaban J connectivity index is 1.76. The maximum atomic E-state index is 12.3. The molecule has 5 nitrogen and oxygen atoms in total. The number of hydrogen-bond donors (Lipinski definition) is 1. The number of amides is 2. The van der Waals surface area contributed by atoms with Gasteiger partial charge in [0, 0.05) is 26.2 Å². The summed E-state index contributed by atoms with van der Waals surface area (Å²) in [5, 5.41) is 2.74. The van der Waals surface area contributed by atoms with E-state index in [-0.39, 0.29) is 18.6 Å². The molecule has 8 heteroatoms. The molecule has 1 unspecified atom stereocenters. The van der Waals surface area contributed by atoms with Gasteiger partial charge in [0.15, 0.2) is 0 Å². The van der Waals surface area contributed by atoms with Crippen molar-refractivity contribution < 1.29 is 22.4 Å². The number of furan rings is 1. The van der Waals surface area contributed by atoms with Crippen molar-refractivity contribution in [3.05, 3.63) is 24.2 Å². The van der Waals surface area contributed by atoms with Gasteiger partial charge < -0.3 is 14.6 Å². The maximum Gasteiger partial charge on any atom is 0.401 e. The number of likely N-dealkylation sites (tertiary alicyclic amines) is 1. The lowest BCUT2D eigenvalue weighted by atomic mass is 10.3. The molecule has 0 spiro atoms. The second kappa shape index (κ2) is 6.38. The topological polar surface area (TPSA) is 48.7 Å². The highest BCUT2D eigenvalue weighted by Gasteiger charge is 2.34. The number of carbonyl (C=O) groups excluding carboxylic acids is 1. The van der Waals surface area contributed by atoms with Crippen LogP contribution in [0.2, 0.25) is 0 Å². The van der Waals surface area contributed by atoms with Crippen molar-refractivity contribution in [3.63, 3.8) is 0 Å². The number of urea groups is 1. The average Bonchev–Trinajstić information content (AvgIpc) is 2.99. The molecule has 1 aliphatic rings. The van der Waals surface area contributed by atoms with Crippen LogP contribution in [0.4, 0.5) is 18.0 Å². The number of rotatable bonds is 4. The summed E-state index contributed by atoms with van der Waals surface area (Å²) >= 11 is 0. The first-order valence-corrected chi connectivity index (χ1v) is 6.66. The number of nitrogens with zero attached hydrogens (tertiary/aromatic N) is 2. The van der Waals surface area contributed by atoms with E-state index in [4.69, 9.17) is 4.42 Å². The van der Waals surface area contributed by atoms with Crippen LogP contribution in [0.3, 0.4) is 0 Å². The zero-order valence-corrected chi connectivity index (χ0v) is 11.7. The van der Waals surface area contributed by atoms with Gasteiger partial charge in [-0.1, -0.05) is 0 Å². The highest BCUT2D eigenvalue weighted by Crippen LogP contribution is 2.20. The molecule has 1 aromatic heterocycles. The van der Waals surface area contributed by atoms with Gasteiger partial charge in [0.2, 0.25) is 0 Å². The molecule has 1 fully saturated rings. The molecule has 0 radical (unpaired) electrons. The van der Waals surface area contributed by atoms with Crippen molar-refractivity contribution in [1.82, 2.24) is 15.1 Å². The highest BCUT2D eigenvalue weighted by atomic mass is 19.4. The van der Waals surface area contributed by atoms with E-state index < -0.39 is 12.7 Å². The summed E-state index contributed by atoms with van der Waals surface area (Å²) in [6, 6.07) is 2.92. The minimum atomic E-state index is -4.20. The van der Waals surface area contributed by atoms with Gasteiger partial charge in [-0.2, -0.15) is 13.2 Å². The normalized spacial score (nSPS) is 19.7. The largest absolute Gasteiger partial charge is 0.467 e. The van der Waals surface area contributed by atoms with Crippen LogP contribution >= 0.6 is 0 Å². The zero-order valence-electron chi connectivity index (χ0n) is 11.7. The first-order valence-electron chi connectivity index (χ1n) is 6.66. The van der Waals surface area contributed by atoms with E-state index in [1.165, 1.54) is 16.1 Å². The number of alkyl halides is 3. The molecule has 0 saturated carbocycles. The molecule has 2 heterocycles. The molecule has 1 saturated heterocycles. The maximum absolute atomic E-state index is 12.3. The van der Waals surface area contributed by atoms with Crippen molar-refractivity contribution in [2.24, 2.45) is 0 Å². The Hall–Kier alpha value is -1.70. The van der Waals surface area contributed by atoms with E-state index >= 15 is 0 Å². The van der Waals surface area contributed by atoms with Crippen molar-refractivity contribution in [2.45, 2.75) is 25.2 Å². The third-order valence-electron chi connectivity index (χ3n) is 3.32. The quantitative estimate of drug-likeness (QED) is 0.926. The molecule has 1 atom stereocenters. The van der Waals surface area contributed by atoms with E-state index in [1.54, 1.807) is 19.2 Å². The summed E-state index contributed by atoms with van der Waals surface area (Å²) in [4.78, 5) is 14.7. The molecule has 1 N–H and O–H groups in total. The molecular weight excluding hydrogens is 287 g/mol. The van der Waals surface area contributed by atoms with Gasteiger partial charge in [-0.05, 0) is 18.6 Å². The van der Waals surface area contributed by atoms with Crippen LogP contribution in [-0.4, -0.2) is 54.7 Å². The van der Waals surface area contributed by atoms with E-state index in [9.17, 15) is 18.0 Å². The summed E-state index contributed by atoms with van der Waals surface area (Å²) in [6.45, 7) is -0.0500. The van der Waals surface area contributed by atoms with Crippen LogP contribution in [0.5, 0.6) is 0 Å². The summed E-state index contributed by atoms with van der Waals surface area (Å²) in [5.74, 6) is 0.651. The average molecular weight is 305 g/mol. The monoisotopic (exact) mass is 305 g/mol. The van der Waals surface area contributed by atoms with Crippen LogP contribution in [0, 0.1) is 0 Å².